The molecule has 7 heterocycles. The third-order valence-electron chi connectivity index (χ3n) is 19.2. The monoisotopic (exact) mass is 1180 g/mol. The number of aliphatic hydroxyl groups is 4. The topological polar surface area (TPSA) is 198 Å². The molecule has 0 aromatic rings. The van der Waals surface area contributed by atoms with Crippen LogP contribution in [0.25, 0.3) is 0 Å². The minimum atomic E-state index is -1.88. The number of carbonyl (C=O) groups excluding carboxylic acids is 2. The molecule has 6 saturated heterocycles. The highest BCUT2D eigenvalue weighted by molar-refractivity contribution is 5.79. The van der Waals surface area contributed by atoms with Gasteiger partial charge in [-0.25, -0.2) is 4.79 Å². The summed E-state index contributed by atoms with van der Waals surface area (Å²) < 4.78 is 58.6. The fourth-order valence-corrected chi connectivity index (χ4v) is 14.2. The Labute approximate surface area is 505 Å². The number of rotatable bonds is 32. The van der Waals surface area contributed by atoms with Crippen molar-refractivity contribution >= 4 is 11.9 Å². The number of unbranched alkanes of at least 4 members (excludes halogenated alkanes) is 15. The molecule has 6 fully saturated rings. The molecule has 0 saturated carbocycles. The molecule has 4 N–H and O–H groups in total. The van der Waals surface area contributed by atoms with Gasteiger partial charge >= 0.3 is 11.9 Å². The third-order valence-corrected chi connectivity index (χ3v) is 19.2. The summed E-state index contributed by atoms with van der Waals surface area (Å²) in [7, 11) is 0. The summed E-state index contributed by atoms with van der Waals surface area (Å²) in [6, 6.07) is 0. The first-order chi connectivity index (χ1) is 40.4. The van der Waals surface area contributed by atoms with Crippen LogP contribution < -0.4 is 0 Å². The molecular formula is C69H112O15. The van der Waals surface area contributed by atoms with Gasteiger partial charge < -0.3 is 63.1 Å². The van der Waals surface area contributed by atoms with E-state index in [4.69, 9.17) is 47.7 Å². The molecule has 0 aromatic carbocycles. The van der Waals surface area contributed by atoms with Crippen molar-refractivity contribution in [1.82, 2.24) is 0 Å². The van der Waals surface area contributed by atoms with Gasteiger partial charge in [0.15, 0.2) is 23.3 Å². The maximum atomic E-state index is 13.7. The Balaban J connectivity index is 0.924. The maximum Gasteiger partial charge on any atom is 0.342 e. The van der Waals surface area contributed by atoms with Crippen molar-refractivity contribution in [2.24, 2.45) is 17.8 Å². The molecule has 0 bridgehead atoms. The number of aliphatic hydroxyl groups excluding tert-OH is 3. The number of hydrogen-bond donors (Lipinski definition) is 4. The lowest BCUT2D eigenvalue weighted by molar-refractivity contribution is -0.322. The second-order valence-corrected chi connectivity index (χ2v) is 26.8. The van der Waals surface area contributed by atoms with Crippen LogP contribution in [0.1, 0.15) is 247 Å². The Morgan fingerprint density at radius 1 is 0.833 bits per heavy atom. The van der Waals surface area contributed by atoms with Crippen molar-refractivity contribution in [3.05, 3.63) is 60.4 Å². The first kappa shape index (κ1) is 68.7. The van der Waals surface area contributed by atoms with Gasteiger partial charge in [0.1, 0.15) is 18.3 Å². The number of ether oxygens (including phenoxy) is 9. The van der Waals surface area contributed by atoms with E-state index in [1.54, 1.807) is 12.2 Å². The number of fused-ring (bicyclic) bond motifs is 1. The SMILES string of the molecule is C=C1C(O)C2OC3(CCC(C=CC(C)C4CC(C)=CC5(OC(CC(C)(O)C(=O)OC=CC=CCCCCCO)CCC5OC(=O)CCCCCCCCCCCCCCC)O4)O3)CCC2OC1C(O)CC(C)C1OC2(CCCCO2)CCC1C. The van der Waals surface area contributed by atoms with Crippen LogP contribution in [-0.4, -0.2) is 130 Å². The molecule has 84 heavy (non-hydrogen) atoms. The van der Waals surface area contributed by atoms with E-state index in [0.29, 0.717) is 69.3 Å². The van der Waals surface area contributed by atoms with Gasteiger partial charge in [-0.3, -0.25) is 4.79 Å². The normalized spacial score (nSPS) is 34.7. The zero-order chi connectivity index (χ0) is 60.2. The smallest absolute Gasteiger partial charge is 0.342 e. The van der Waals surface area contributed by atoms with Crippen LogP contribution in [0.15, 0.2) is 60.4 Å². The van der Waals surface area contributed by atoms with Gasteiger partial charge in [-0.2, -0.15) is 0 Å². The predicted molar refractivity (Wildman–Crippen MR) is 324 cm³/mol. The Morgan fingerprint density at radius 3 is 2.25 bits per heavy atom. The summed E-state index contributed by atoms with van der Waals surface area (Å²) in [4.78, 5) is 27.0. The fraction of sp³-hybridized carbons (Fsp3) is 0.826. The Hall–Kier alpha value is -2.80. The Bertz CT molecular complexity index is 2130. The molecule has 7 aliphatic heterocycles. The second-order valence-electron chi connectivity index (χ2n) is 26.8. The molecule has 17 atom stereocenters. The second kappa shape index (κ2) is 33.7. The molecule has 0 radical (unpaired) electrons. The van der Waals surface area contributed by atoms with Crippen LogP contribution in [0.3, 0.4) is 0 Å². The largest absolute Gasteiger partial charge is 0.456 e. The van der Waals surface area contributed by atoms with Crippen LogP contribution in [0, 0.1) is 17.8 Å². The maximum absolute atomic E-state index is 13.7. The average Bonchev–Trinajstić information content (AvgIpc) is 1.85. The van der Waals surface area contributed by atoms with Gasteiger partial charge in [0.05, 0.1) is 49.5 Å². The molecular weight excluding hydrogens is 1070 g/mol. The number of hydrogen-bond acceptors (Lipinski definition) is 15. The summed E-state index contributed by atoms with van der Waals surface area (Å²) in [5.41, 5.74) is -0.457. The molecule has 0 amide bonds. The van der Waals surface area contributed by atoms with Gasteiger partial charge in [0, 0.05) is 51.0 Å². The number of esters is 2. The molecule has 478 valence electrons. The van der Waals surface area contributed by atoms with Crippen molar-refractivity contribution in [3.63, 3.8) is 0 Å². The predicted octanol–water partition coefficient (Wildman–Crippen LogP) is 13.3. The quantitative estimate of drug-likeness (QED) is 0.0163. The first-order valence-electron chi connectivity index (χ1n) is 33.6. The van der Waals surface area contributed by atoms with Crippen molar-refractivity contribution in [1.29, 1.82) is 0 Å². The van der Waals surface area contributed by atoms with E-state index in [1.807, 2.05) is 19.1 Å². The van der Waals surface area contributed by atoms with Crippen LogP contribution >= 0.6 is 0 Å². The van der Waals surface area contributed by atoms with Crippen molar-refractivity contribution in [2.45, 2.75) is 331 Å². The highest BCUT2D eigenvalue weighted by atomic mass is 16.7. The molecule has 0 aliphatic carbocycles. The molecule has 3 spiro atoms. The summed E-state index contributed by atoms with van der Waals surface area (Å²) >= 11 is 0. The van der Waals surface area contributed by atoms with Crippen LogP contribution in [0.2, 0.25) is 0 Å². The van der Waals surface area contributed by atoms with Gasteiger partial charge in [-0.05, 0) is 127 Å². The lowest BCUT2D eigenvalue weighted by Gasteiger charge is -2.50. The summed E-state index contributed by atoms with van der Waals surface area (Å²) in [5.74, 6) is -3.74. The summed E-state index contributed by atoms with van der Waals surface area (Å²) in [5, 5.41) is 44.0. The molecule has 0 aromatic heterocycles. The average molecular weight is 1180 g/mol. The van der Waals surface area contributed by atoms with Gasteiger partial charge in [0.25, 0.3) is 0 Å². The molecule has 7 rings (SSSR count). The number of carbonyl (C=O) groups is 2. The number of allylic oxidation sites excluding steroid dienone is 3. The van der Waals surface area contributed by atoms with Gasteiger partial charge in [-0.1, -0.05) is 148 Å². The molecule has 7 aliphatic rings. The van der Waals surface area contributed by atoms with E-state index < -0.39 is 71.7 Å². The van der Waals surface area contributed by atoms with Crippen molar-refractivity contribution in [2.75, 3.05) is 13.2 Å². The fourth-order valence-electron chi connectivity index (χ4n) is 14.2. The van der Waals surface area contributed by atoms with Gasteiger partial charge in [-0.15, -0.1) is 0 Å². The van der Waals surface area contributed by atoms with E-state index in [-0.39, 0.29) is 49.1 Å². The highest BCUT2D eigenvalue weighted by Crippen LogP contribution is 2.48. The van der Waals surface area contributed by atoms with Crippen LogP contribution in [0.4, 0.5) is 0 Å². The molecule has 15 heteroatoms. The van der Waals surface area contributed by atoms with Gasteiger partial charge in [0.2, 0.25) is 5.79 Å². The van der Waals surface area contributed by atoms with Crippen LogP contribution in [-0.2, 0) is 52.2 Å². The standard InChI is InChI=1S/C69H112O15/c1-8-9-10-11-12-13-14-15-16-17-19-22-25-30-60(72)79-59-34-33-55(48-66(7,75)65(74)76-43-28-24-21-18-20-23-27-42-70)81-69(59)47-49(2)45-58(82-69)50(3)31-32-54-36-40-68(80-54)41-37-57-64(84-68)61(73)53(6)63(78-57)56(71)46-52(5)62-51(4)35-39-67(83-62)38-26-29-44-77-67/h21,24,28,31-32,43,47,50-52,54-59,61-64,70-71,73,75H,6,8-20,22-23,25-27,29-30,33-42,44-46,48H2,1-5,7H3. The lowest BCUT2D eigenvalue weighted by atomic mass is 9.79. The third kappa shape index (κ3) is 19.9. The molecule has 17 unspecified atom stereocenters. The van der Waals surface area contributed by atoms with E-state index in [1.165, 1.54) is 77.4 Å². The Morgan fingerprint density at radius 2 is 1.54 bits per heavy atom. The molecule has 15 nitrogen and oxygen atoms in total. The minimum absolute atomic E-state index is 0.0352. The zero-order valence-electron chi connectivity index (χ0n) is 52.6. The van der Waals surface area contributed by atoms with Crippen molar-refractivity contribution < 1.29 is 72.6 Å². The lowest BCUT2D eigenvalue weighted by Crippen LogP contribution is -2.60. The summed E-state index contributed by atoms with van der Waals surface area (Å²) in [6.45, 7) is 17.3. The summed E-state index contributed by atoms with van der Waals surface area (Å²) in [6.07, 6.45) is 35.8. The van der Waals surface area contributed by atoms with Crippen molar-refractivity contribution in [3.8, 4) is 0 Å². The Kier molecular flexibility index (Phi) is 27.5. The minimum Gasteiger partial charge on any atom is -0.456 e. The van der Waals surface area contributed by atoms with Crippen LogP contribution in [0.5, 0.6) is 0 Å². The highest BCUT2D eigenvalue weighted by Gasteiger charge is 2.56. The zero-order valence-corrected chi connectivity index (χ0v) is 52.6. The van der Waals surface area contributed by atoms with E-state index >= 15 is 0 Å². The van der Waals surface area contributed by atoms with E-state index in [2.05, 4.69) is 46.4 Å². The van der Waals surface area contributed by atoms with E-state index in [0.717, 1.165) is 89.2 Å². The first-order valence-corrected chi connectivity index (χ1v) is 33.6. The van der Waals surface area contributed by atoms with E-state index in [9.17, 15) is 24.9 Å².